The van der Waals surface area contributed by atoms with Crippen molar-refractivity contribution in [2.75, 3.05) is 0 Å². The summed E-state index contributed by atoms with van der Waals surface area (Å²) in [5.41, 5.74) is 1.09. The highest BCUT2D eigenvalue weighted by atomic mass is 19.1. The summed E-state index contributed by atoms with van der Waals surface area (Å²) in [4.78, 5) is 0. The van der Waals surface area contributed by atoms with E-state index < -0.39 is 5.82 Å². The van der Waals surface area contributed by atoms with Crippen molar-refractivity contribution in [2.45, 2.75) is 6.42 Å². The van der Waals surface area contributed by atoms with E-state index in [1.807, 2.05) is 12.1 Å². The SMILES string of the molecule is C=CCc1ccc2c(F)c(O)ccc2c1. The minimum atomic E-state index is -0.558. The molecule has 0 aliphatic rings. The first kappa shape index (κ1) is 9.71. The third-order valence-electron chi connectivity index (χ3n) is 2.38. The zero-order valence-corrected chi connectivity index (χ0v) is 8.20. The van der Waals surface area contributed by atoms with Crippen molar-refractivity contribution in [1.82, 2.24) is 0 Å². The fourth-order valence-electron chi connectivity index (χ4n) is 1.62. The van der Waals surface area contributed by atoms with Gasteiger partial charge >= 0.3 is 0 Å². The molecule has 0 fully saturated rings. The third-order valence-corrected chi connectivity index (χ3v) is 2.38. The normalized spacial score (nSPS) is 10.5. The second kappa shape index (κ2) is 3.73. The number of phenols is 1. The number of benzene rings is 2. The summed E-state index contributed by atoms with van der Waals surface area (Å²) in [5, 5.41) is 10.4. The van der Waals surface area contributed by atoms with Gasteiger partial charge < -0.3 is 5.11 Å². The molecule has 0 saturated carbocycles. The molecule has 76 valence electrons. The lowest BCUT2D eigenvalue weighted by Gasteiger charge is -2.03. The van der Waals surface area contributed by atoms with E-state index in [2.05, 4.69) is 6.58 Å². The molecule has 0 amide bonds. The Morgan fingerprint density at radius 1 is 1.27 bits per heavy atom. The Morgan fingerprint density at radius 3 is 2.80 bits per heavy atom. The van der Waals surface area contributed by atoms with Crippen LogP contribution in [-0.4, -0.2) is 5.11 Å². The van der Waals surface area contributed by atoms with E-state index in [9.17, 15) is 9.50 Å². The van der Waals surface area contributed by atoms with Gasteiger partial charge in [0.05, 0.1) is 0 Å². The van der Waals surface area contributed by atoms with E-state index in [4.69, 9.17) is 0 Å². The van der Waals surface area contributed by atoms with Gasteiger partial charge in [0, 0.05) is 5.39 Å². The van der Waals surface area contributed by atoms with Crippen LogP contribution in [0, 0.1) is 5.82 Å². The molecule has 15 heavy (non-hydrogen) atoms. The lowest BCUT2D eigenvalue weighted by molar-refractivity contribution is 0.436. The first-order valence-electron chi connectivity index (χ1n) is 4.73. The number of phenolic OH excluding ortho intramolecular Hbond substituents is 1. The summed E-state index contributed by atoms with van der Waals surface area (Å²) in [7, 11) is 0. The minimum Gasteiger partial charge on any atom is -0.505 e. The molecule has 1 N–H and O–H groups in total. The first-order valence-corrected chi connectivity index (χ1v) is 4.73. The van der Waals surface area contributed by atoms with Gasteiger partial charge in [0.2, 0.25) is 0 Å². The highest BCUT2D eigenvalue weighted by Gasteiger charge is 2.05. The molecular formula is C13H11FO. The molecule has 2 heteroatoms. The van der Waals surface area contributed by atoms with E-state index in [-0.39, 0.29) is 5.75 Å². The number of halogens is 1. The van der Waals surface area contributed by atoms with Crippen molar-refractivity contribution in [1.29, 1.82) is 0 Å². The average Bonchev–Trinajstić information content (AvgIpc) is 2.24. The van der Waals surface area contributed by atoms with E-state index in [0.717, 1.165) is 17.4 Å². The lowest BCUT2D eigenvalue weighted by atomic mass is 10.0. The predicted molar refractivity (Wildman–Crippen MR) is 59.5 cm³/mol. The number of hydrogen-bond acceptors (Lipinski definition) is 1. The lowest BCUT2D eigenvalue weighted by Crippen LogP contribution is -1.84. The molecule has 0 bridgehead atoms. The van der Waals surface area contributed by atoms with E-state index in [1.54, 1.807) is 18.2 Å². The molecule has 0 atom stereocenters. The molecule has 0 aliphatic carbocycles. The van der Waals surface area contributed by atoms with Crippen LogP contribution in [-0.2, 0) is 6.42 Å². The Hall–Kier alpha value is -1.83. The molecule has 0 aliphatic heterocycles. The molecule has 0 unspecified atom stereocenters. The van der Waals surface area contributed by atoms with Crippen LogP contribution in [0.1, 0.15) is 5.56 Å². The summed E-state index contributed by atoms with van der Waals surface area (Å²) >= 11 is 0. The van der Waals surface area contributed by atoms with E-state index in [0.29, 0.717) is 5.39 Å². The second-order valence-electron chi connectivity index (χ2n) is 3.45. The molecule has 2 rings (SSSR count). The first-order chi connectivity index (χ1) is 7.22. The fraction of sp³-hybridized carbons (Fsp3) is 0.0769. The van der Waals surface area contributed by atoms with Crippen molar-refractivity contribution in [2.24, 2.45) is 0 Å². The summed E-state index contributed by atoms with van der Waals surface area (Å²) in [6.45, 7) is 3.65. The monoisotopic (exact) mass is 202 g/mol. The molecule has 1 nitrogen and oxygen atoms in total. The Bertz CT molecular complexity index is 517. The van der Waals surface area contributed by atoms with Gasteiger partial charge in [-0.3, -0.25) is 0 Å². The van der Waals surface area contributed by atoms with Crippen molar-refractivity contribution in [3.8, 4) is 5.75 Å². The maximum Gasteiger partial charge on any atom is 0.172 e. The third kappa shape index (κ3) is 1.71. The van der Waals surface area contributed by atoms with Gasteiger partial charge in [-0.25, -0.2) is 4.39 Å². The van der Waals surface area contributed by atoms with Gasteiger partial charge in [-0.05, 0) is 23.4 Å². The number of hydrogen-bond donors (Lipinski definition) is 1. The Kier molecular flexibility index (Phi) is 2.42. The maximum absolute atomic E-state index is 13.4. The van der Waals surface area contributed by atoms with E-state index in [1.165, 1.54) is 6.07 Å². The highest BCUT2D eigenvalue weighted by Crippen LogP contribution is 2.26. The second-order valence-corrected chi connectivity index (χ2v) is 3.45. The van der Waals surface area contributed by atoms with Gasteiger partial charge in [-0.15, -0.1) is 6.58 Å². The molecule has 0 saturated heterocycles. The average molecular weight is 202 g/mol. The predicted octanol–water partition coefficient (Wildman–Crippen LogP) is 3.41. The van der Waals surface area contributed by atoms with Crippen LogP contribution in [0.5, 0.6) is 5.75 Å². The van der Waals surface area contributed by atoms with Crippen LogP contribution in [0.15, 0.2) is 43.0 Å². The van der Waals surface area contributed by atoms with Crippen LogP contribution in [0.4, 0.5) is 4.39 Å². The molecule has 2 aromatic rings. The summed E-state index contributed by atoms with van der Waals surface area (Å²) < 4.78 is 13.4. The molecule has 0 heterocycles. The summed E-state index contributed by atoms with van der Waals surface area (Å²) in [6, 6.07) is 8.50. The van der Waals surface area contributed by atoms with Gasteiger partial charge in [0.1, 0.15) is 0 Å². The minimum absolute atomic E-state index is 0.307. The van der Waals surface area contributed by atoms with Crippen LogP contribution in [0.2, 0.25) is 0 Å². The number of rotatable bonds is 2. The summed E-state index contributed by atoms with van der Waals surface area (Å²) in [5.74, 6) is -0.864. The standard InChI is InChI=1S/C13H11FO/c1-2-3-9-4-6-11-10(8-9)5-7-12(15)13(11)14/h2,4-8,15H,1,3H2. The van der Waals surface area contributed by atoms with Crippen molar-refractivity contribution < 1.29 is 9.50 Å². The Labute approximate surface area is 87.5 Å². The summed E-state index contributed by atoms with van der Waals surface area (Å²) in [6.07, 6.45) is 2.57. The largest absolute Gasteiger partial charge is 0.505 e. The molecular weight excluding hydrogens is 191 g/mol. The molecule has 0 radical (unpaired) electrons. The van der Waals surface area contributed by atoms with Gasteiger partial charge in [0.25, 0.3) is 0 Å². The van der Waals surface area contributed by atoms with Crippen LogP contribution in [0.25, 0.3) is 10.8 Å². The quantitative estimate of drug-likeness (QED) is 0.740. The topological polar surface area (TPSA) is 20.2 Å². The zero-order valence-electron chi connectivity index (χ0n) is 8.20. The van der Waals surface area contributed by atoms with Crippen molar-refractivity contribution >= 4 is 10.8 Å². The number of allylic oxidation sites excluding steroid dienone is 1. The molecule has 0 spiro atoms. The fourth-order valence-corrected chi connectivity index (χ4v) is 1.62. The van der Waals surface area contributed by atoms with Crippen molar-refractivity contribution in [3.05, 3.63) is 54.4 Å². The zero-order chi connectivity index (χ0) is 10.8. The Morgan fingerprint density at radius 2 is 2.07 bits per heavy atom. The van der Waals surface area contributed by atoms with Crippen LogP contribution in [0.3, 0.4) is 0 Å². The number of aromatic hydroxyl groups is 1. The smallest absolute Gasteiger partial charge is 0.172 e. The Balaban J connectivity index is 2.64. The van der Waals surface area contributed by atoms with Crippen LogP contribution >= 0.6 is 0 Å². The van der Waals surface area contributed by atoms with Gasteiger partial charge in [-0.1, -0.05) is 30.3 Å². The molecule has 0 aromatic heterocycles. The number of fused-ring (bicyclic) bond motifs is 1. The highest BCUT2D eigenvalue weighted by molar-refractivity contribution is 5.85. The van der Waals surface area contributed by atoms with Crippen LogP contribution < -0.4 is 0 Å². The van der Waals surface area contributed by atoms with E-state index >= 15 is 0 Å². The van der Waals surface area contributed by atoms with Gasteiger partial charge in [0.15, 0.2) is 11.6 Å². The van der Waals surface area contributed by atoms with Crippen molar-refractivity contribution in [3.63, 3.8) is 0 Å². The maximum atomic E-state index is 13.4. The van der Waals surface area contributed by atoms with Gasteiger partial charge in [-0.2, -0.15) is 0 Å². The molecule has 2 aromatic carbocycles.